The summed E-state index contributed by atoms with van der Waals surface area (Å²) in [6.45, 7) is 11.9. The molecule has 0 unspecified atom stereocenters. The monoisotopic (exact) mass is 317 g/mol. The van der Waals surface area contributed by atoms with Crippen LogP contribution >= 0.6 is 0 Å². The van der Waals surface area contributed by atoms with E-state index in [2.05, 4.69) is 18.2 Å². The Morgan fingerprint density at radius 3 is 2.48 bits per heavy atom. The van der Waals surface area contributed by atoms with E-state index in [-0.39, 0.29) is 12.1 Å². The fraction of sp³-hybridized carbons (Fsp3) is 0.526. The molecular formula is C19H27NO3. The Labute approximate surface area is 139 Å². The number of ether oxygens (including phenoxy) is 2. The molecule has 1 aromatic rings. The van der Waals surface area contributed by atoms with Crippen LogP contribution < -0.4 is 0 Å². The maximum absolute atomic E-state index is 12.6. The third-order valence-electron chi connectivity index (χ3n) is 3.78. The van der Waals surface area contributed by atoms with E-state index < -0.39 is 11.3 Å². The minimum Gasteiger partial charge on any atom is -0.444 e. The minimum absolute atomic E-state index is 0.139. The molecule has 126 valence electrons. The van der Waals surface area contributed by atoms with Crippen LogP contribution in [-0.4, -0.2) is 35.0 Å². The summed E-state index contributed by atoms with van der Waals surface area (Å²) in [6, 6.07) is 9.99. The van der Waals surface area contributed by atoms with E-state index in [1.807, 2.05) is 59.7 Å². The number of allylic oxidation sites excluding steroid dienone is 1. The van der Waals surface area contributed by atoms with Gasteiger partial charge in [0.05, 0.1) is 12.6 Å². The number of amides is 1. The van der Waals surface area contributed by atoms with Crippen LogP contribution in [0.5, 0.6) is 0 Å². The highest BCUT2D eigenvalue weighted by molar-refractivity contribution is 5.71. The molecule has 0 spiro atoms. The van der Waals surface area contributed by atoms with Crippen LogP contribution in [0.3, 0.4) is 0 Å². The predicted octanol–water partition coefficient (Wildman–Crippen LogP) is 4.46. The maximum atomic E-state index is 12.6. The van der Waals surface area contributed by atoms with Crippen molar-refractivity contribution in [2.75, 3.05) is 6.61 Å². The molecule has 4 nitrogen and oxygen atoms in total. The van der Waals surface area contributed by atoms with Gasteiger partial charge in [0.1, 0.15) is 11.3 Å². The fourth-order valence-corrected chi connectivity index (χ4v) is 2.71. The average molecular weight is 317 g/mol. The molecule has 1 heterocycles. The van der Waals surface area contributed by atoms with Gasteiger partial charge in [-0.2, -0.15) is 0 Å². The van der Waals surface area contributed by atoms with Crippen molar-refractivity contribution in [1.29, 1.82) is 0 Å². The number of carbonyl (C=O) groups is 1. The number of carbonyl (C=O) groups excluding carboxylic acids is 1. The van der Waals surface area contributed by atoms with Crippen LogP contribution in [0.2, 0.25) is 0 Å². The number of hydrogen-bond donors (Lipinski definition) is 0. The first-order valence-corrected chi connectivity index (χ1v) is 8.00. The van der Waals surface area contributed by atoms with Crippen molar-refractivity contribution in [3.63, 3.8) is 0 Å². The van der Waals surface area contributed by atoms with Crippen LogP contribution in [0, 0.1) is 0 Å². The molecular weight excluding hydrogens is 290 g/mol. The van der Waals surface area contributed by atoms with E-state index in [1.165, 1.54) is 0 Å². The first-order valence-electron chi connectivity index (χ1n) is 8.00. The standard InChI is InChI=1S/C19H27NO3/c1-14(15-10-8-7-9-11-15)12-16-13-22-19(5,6)20(16)17(21)23-18(2,3)4/h7-12,16H,13H2,1-6H3/t16-/m0/s1. The topological polar surface area (TPSA) is 38.8 Å². The van der Waals surface area contributed by atoms with Crippen LogP contribution in [-0.2, 0) is 9.47 Å². The van der Waals surface area contributed by atoms with E-state index in [9.17, 15) is 4.79 Å². The van der Waals surface area contributed by atoms with E-state index in [1.54, 1.807) is 4.90 Å². The molecule has 1 amide bonds. The molecule has 0 aliphatic carbocycles. The van der Waals surface area contributed by atoms with Gasteiger partial charge in [-0.05, 0) is 52.7 Å². The summed E-state index contributed by atoms with van der Waals surface area (Å²) in [5, 5.41) is 0. The van der Waals surface area contributed by atoms with Crippen molar-refractivity contribution in [2.24, 2.45) is 0 Å². The molecule has 1 fully saturated rings. The molecule has 1 atom stereocenters. The van der Waals surface area contributed by atoms with Gasteiger partial charge in [-0.25, -0.2) is 4.79 Å². The zero-order valence-electron chi connectivity index (χ0n) is 14.9. The van der Waals surface area contributed by atoms with Gasteiger partial charge in [-0.15, -0.1) is 0 Å². The Hall–Kier alpha value is -1.81. The molecule has 1 aliphatic heterocycles. The summed E-state index contributed by atoms with van der Waals surface area (Å²) in [5.41, 5.74) is 1.05. The number of benzene rings is 1. The van der Waals surface area contributed by atoms with Crippen LogP contribution in [0.15, 0.2) is 36.4 Å². The smallest absolute Gasteiger partial charge is 0.413 e. The van der Waals surface area contributed by atoms with Crippen molar-refractivity contribution in [3.05, 3.63) is 42.0 Å². The van der Waals surface area contributed by atoms with Crippen molar-refractivity contribution < 1.29 is 14.3 Å². The third-order valence-corrected chi connectivity index (χ3v) is 3.78. The summed E-state index contributed by atoms with van der Waals surface area (Å²) < 4.78 is 11.4. The Morgan fingerprint density at radius 1 is 1.30 bits per heavy atom. The minimum atomic E-state index is -0.680. The lowest BCUT2D eigenvalue weighted by molar-refractivity contribution is -0.0610. The number of hydrogen-bond acceptors (Lipinski definition) is 3. The van der Waals surface area contributed by atoms with Crippen molar-refractivity contribution in [1.82, 2.24) is 4.90 Å². The second-order valence-corrected chi connectivity index (χ2v) is 7.39. The lowest BCUT2D eigenvalue weighted by Gasteiger charge is -2.34. The lowest BCUT2D eigenvalue weighted by atomic mass is 10.0. The summed E-state index contributed by atoms with van der Waals surface area (Å²) in [4.78, 5) is 14.3. The molecule has 4 heteroatoms. The van der Waals surface area contributed by atoms with Gasteiger partial charge < -0.3 is 9.47 Å². The zero-order chi connectivity index (χ0) is 17.3. The highest BCUT2D eigenvalue weighted by Gasteiger charge is 2.44. The van der Waals surface area contributed by atoms with Crippen molar-refractivity contribution in [3.8, 4) is 0 Å². The van der Waals surface area contributed by atoms with Gasteiger partial charge in [0.2, 0.25) is 0 Å². The normalized spacial score (nSPS) is 21.4. The Balaban J connectivity index is 2.25. The van der Waals surface area contributed by atoms with Crippen LogP contribution in [0.1, 0.15) is 47.1 Å². The molecule has 0 saturated carbocycles. The zero-order valence-corrected chi connectivity index (χ0v) is 14.9. The quantitative estimate of drug-likeness (QED) is 0.808. The van der Waals surface area contributed by atoms with Crippen LogP contribution in [0.4, 0.5) is 4.79 Å². The molecule has 23 heavy (non-hydrogen) atoms. The van der Waals surface area contributed by atoms with Gasteiger partial charge in [-0.3, -0.25) is 4.90 Å². The highest BCUT2D eigenvalue weighted by atomic mass is 16.6. The number of nitrogens with zero attached hydrogens (tertiary/aromatic N) is 1. The second-order valence-electron chi connectivity index (χ2n) is 7.39. The largest absolute Gasteiger partial charge is 0.444 e. The summed E-state index contributed by atoms with van der Waals surface area (Å²) in [7, 11) is 0. The molecule has 2 rings (SSSR count). The van der Waals surface area contributed by atoms with Gasteiger partial charge in [-0.1, -0.05) is 36.4 Å². The molecule has 1 aliphatic rings. The van der Waals surface area contributed by atoms with Crippen molar-refractivity contribution in [2.45, 2.75) is 58.9 Å². The summed E-state index contributed by atoms with van der Waals surface area (Å²) in [6.07, 6.45) is 1.73. The summed E-state index contributed by atoms with van der Waals surface area (Å²) in [5.74, 6) is 0. The molecule has 0 N–H and O–H groups in total. The predicted molar refractivity (Wildman–Crippen MR) is 92.0 cm³/mol. The SMILES string of the molecule is CC(=C[C@H]1COC(C)(C)N1C(=O)OC(C)(C)C)c1ccccc1. The maximum Gasteiger partial charge on any atom is 0.413 e. The van der Waals surface area contributed by atoms with E-state index in [4.69, 9.17) is 9.47 Å². The molecule has 0 bridgehead atoms. The van der Waals surface area contributed by atoms with Crippen molar-refractivity contribution >= 4 is 11.7 Å². The van der Waals surface area contributed by atoms with Gasteiger partial charge >= 0.3 is 6.09 Å². The molecule has 1 aromatic carbocycles. The number of rotatable bonds is 2. The van der Waals surface area contributed by atoms with Crippen LogP contribution in [0.25, 0.3) is 5.57 Å². The first-order chi connectivity index (χ1) is 10.6. The second kappa shape index (κ2) is 6.36. The lowest BCUT2D eigenvalue weighted by Crippen LogP contribution is -2.49. The van der Waals surface area contributed by atoms with Gasteiger partial charge in [0.25, 0.3) is 0 Å². The highest BCUT2D eigenvalue weighted by Crippen LogP contribution is 2.31. The molecule has 0 aromatic heterocycles. The summed E-state index contributed by atoms with van der Waals surface area (Å²) >= 11 is 0. The Bertz CT molecular complexity index is 584. The Morgan fingerprint density at radius 2 is 1.91 bits per heavy atom. The first kappa shape index (κ1) is 17.5. The average Bonchev–Trinajstić information content (AvgIpc) is 2.72. The molecule has 1 saturated heterocycles. The Kier molecular flexibility index (Phi) is 4.85. The van der Waals surface area contributed by atoms with E-state index in [0.717, 1.165) is 11.1 Å². The van der Waals surface area contributed by atoms with Gasteiger partial charge in [0, 0.05) is 0 Å². The van der Waals surface area contributed by atoms with E-state index in [0.29, 0.717) is 6.61 Å². The third kappa shape index (κ3) is 4.35. The fourth-order valence-electron chi connectivity index (χ4n) is 2.71. The van der Waals surface area contributed by atoms with Gasteiger partial charge in [0.15, 0.2) is 0 Å². The molecule has 0 radical (unpaired) electrons. The van der Waals surface area contributed by atoms with E-state index >= 15 is 0 Å².